The van der Waals surface area contributed by atoms with E-state index in [0.717, 1.165) is 43.6 Å². The minimum Gasteiger partial charge on any atom is -0.460 e. The molecule has 1 saturated heterocycles. The molecule has 5 heteroatoms. The van der Waals surface area contributed by atoms with Gasteiger partial charge < -0.3 is 4.74 Å². The summed E-state index contributed by atoms with van der Waals surface area (Å²) in [6, 6.07) is 11.0. The van der Waals surface area contributed by atoms with Crippen molar-refractivity contribution in [1.82, 2.24) is 19.9 Å². The van der Waals surface area contributed by atoms with Crippen LogP contribution in [0.4, 0.5) is 0 Å². The first kappa shape index (κ1) is 16.0. The minimum absolute atomic E-state index is 0.202. The van der Waals surface area contributed by atoms with E-state index in [2.05, 4.69) is 44.1 Å². The predicted octanol–water partition coefficient (Wildman–Crippen LogP) is 3.38. The average molecular weight is 334 g/mol. The van der Waals surface area contributed by atoms with E-state index >= 15 is 0 Å². The number of pyridine rings is 1. The van der Waals surface area contributed by atoms with Crippen molar-refractivity contribution in [1.29, 1.82) is 0 Å². The Morgan fingerprint density at radius 3 is 2.60 bits per heavy atom. The normalized spacial score (nSPS) is 16.2. The maximum atomic E-state index is 5.92. The molecule has 128 valence electrons. The summed E-state index contributed by atoms with van der Waals surface area (Å²) in [6.07, 6.45) is 7.70. The van der Waals surface area contributed by atoms with Gasteiger partial charge in [0.05, 0.1) is 5.52 Å². The second kappa shape index (κ2) is 7.15. The van der Waals surface area contributed by atoms with E-state index in [4.69, 9.17) is 4.74 Å². The van der Waals surface area contributed by atoms with Gasteiger partial charge in [0.1, 0.15) is 6.10 Å². The summed E-state index contributed by atoms with van der Waals surface area (Å²) in [4.78, 5) is 15.4. The van der Waals surface area contributed by atoms with Gasteiger partial charge in [-0.3, -0.25) is 9.88 Å². The van der Waals surface area contributed by atoms with Gasteiger partial charge in [-0.05, 0) is 43.0 Å². The summed E-state index contributed by atoms with van der Waals surface area (Å²) >= 11 is 0. The third-order valence-corrected chi connectivity index (χ3v) is 4.70. The molecule has 1 aliphatic rings. The minimum atomic E-state index is 0.202. The Bertz CT molecular complexity index is 836. The molecule has 5 nitrogen and oxygen atoms in total. The van der Waals surface area contributed by atoms with Crippen molar-refractivity contribution in [2.45, 2.75) is 32.4 Å². The third kappa shape index (κ3) is 3.77. The summed E-state index contributed by atoms with van der Waals surface area (Å²) in [5.74, 6) is 0. The molecular formula is C20H22N4O. The van der Waals surface area contributed by atoms with E-state index < -0.39 is 0 Å². The van der Waals surface area contributed by atoms with Crippen LogP contribution < -0.4 is 4.74 Å². The van der Waals surface area contributed by atoms with Crippen molar-refractivity contribution in [2.75, 3.05) is 13.1 Å². The Labute approximate surface area is 147 Å². The fraction of sp³-hybridized carbons (Fsp3) is 0.350. The van der Waals surface area contributed by atoms with Crippen LogP contribution in [0.15, 0.2) is 48.9 Å². The molecule has 1 fully saturated rings. The largest absolute Gasteiger partial charge is 0.460 e. The first-order valence-corrected chi connectivity index (χ1v) is 8.78. The van der Waals surface area contributed by atoms with Crippen LogP contribution in [0.2, 0.25) is 0 Å². The van der Waals surface area contributed by atoms with E-state index in [1.807, 2.05) is 19.2 Å². The molecule has 0 aliphatic carbocycles. The molecule has 0 amide bonds. The Morgan fingerprint density at radius 2 is 1.80 bits per heavy atom. The second-order valence-corrected chi connectivity index (χ2v) is 6.62. The van der Waals surface area contributed by atoms with Crippen molar-refractivity contribution in [3.63, 3.8) is 0 Å². The summed E-state index contributed by atoms with van der Waals surface area (Å²) < 4.78 is 5.92. The monoisotopic (exact) mass is 334 g/mol. The van der Waals surface area contributed by atoms with Crippen LogP contribution in [0.25, 0.3) is 10.9 Å². The van der Waals surface area contributed by atoms with Gasteiger partial charge in [-0.1, -0.05) is 18.2 Å². The summed E-state index contributed by atoms with van der Waals surface area (Å²) in [5, 5.41) is 1.25. The van der Waals surface area contributed by atoms with Gasteiger partial charge in [0.15, 0.2) is 0 Å². The number of para-hydroxylation sites is 1. The van der Waals surface area contributed by atoms with E-state index in [1.54, 1.807) is 12.4 Å². The standard InChI is InChI=1S/C20H22N4O/c1-15-12-22-20(23-13-15)25-17-7-10-24(11-8-17)14-16-6-9-21-19-5-3-2-4-18(16)19/h2-6,9,12-13,17H,7-8,10-11,14H2,1H3. The van der Waals surface area contributed by atoms with E-state index in [-0.39, 0.29) is 6.10 Å². The quantitative estimate of drug-likeness (QED) is 0.732. The number of fused-ring (bicyclic) bond motifs is 1. The number of rotatable bonds is 4. The molecule has 1 aromatic carbocycles. The van der Waals surface area contributed by atoms with Crippen LogP contribution in [0, 0.1) is 6.92 Å². The number of aryl methyl sites for hydroxylation is 1. The zero-order valence-electron chi connectivity index (χ0n) is 14.4. The molecule has 0 N–H and O–H groups in total. The van der Waals surface area contributed by atoms with Gasteiger partial charge in [0, 0.05) is 43.6 Å². The van der Waals surface area contributed by atoms with Gasteiger partial charge in [-0.15, -0.1) is 0 Å². The van der Waals surface area contributed by atoms with Gasteiger partial charge in [0.25, 0.3) is 0 Å². The van der Waals surface area contributed by atoms with Crippen molar-refractivity contribution in [3.05, 3.63) is 60.0 Å². The first-order valence-electron chi connectivity index (χ1n) is 8.78. The molecule has 3 aromatic rings. The van der Waals surface area contributed by atoms with Crippen LogP contribution in [-0.4, -0.2) is 39.0 Å². The summed E-state index contributed by atoms with van der Waals surface area (Å²) in [7, 11) is 0. The van der Waals surface area contributed by atoms with Crippen molar-refractivity contribution < 1.29 is 4.74 Å². The molecule has 0 saturated carbocycles. The van der Waals surface area contributed by atoms with Crippen LogP contribution >= 0.6 is 0 Å². The van der Waals surface area contributed by atoms with Gasteiger partial charge in [-0.2, -0.15) is 0 Å². The number of piperidine rings is 1. The number of ether oxygens (including phenoxy) is 1. The molecule has 0 unspecified atom stereocenters. The smallest absolute Gasteiger partial charge is 0.316 e. The zero-order valence-corrected chi connectivity index (χ0v) is 14.4. The third-order valence-electron chi connectivity index (χ3n) is 4.70. The maximum absolute atomic E-state index is 5.92. The van der Waals surface area contributed by atoms with Crippen LogP contribution in [0.3, 0.4) is 0 Å². The molecule has 0 radical (unpaired) electrons. The molecule has 0 spiro atoms. The van der Waals surface area contributed by atoms with E-state index in [0.29, 0.717) is 6.01 Å². The highest BCUT2D eigenvalue weighted by atomic mass is 16.5. The maximum Gasteiger partial charge on any atom is 0.316 e. The lowest BCUT2D eigenvalue weighted by Crippen LogP contribution is -2.38. The molecular weight excluding hydrogens is 312 g/mol. The van der Waals surface area contributed by atoms with Gasteiger partial charge >= 0.3 is 6.01 Å². The average Bonchev–Trinajstić information content (AvgIpc) is 2.65. The van der Waals surface area contributed by atoms with Gasteiger partial charge in [-0.25, -0.2) is 9.97 Å². The second-order valence-electron chi connectivity index (χ2n) is 6.62. The van der Waals surface area contributed by atoms with Crippen LogP contribution in [0.5, 0.6) is 6.01 Å². The number of aromatic nitrogens is 3. The highest BCUT2D eigenvalue weighted by Crippen LogP contribution is 2.21. The molecule has 3 heterocycles. The van der Waals surface area contributed by atoms with Crippen molar-refractivity contribution >= 4 is 10.9 Å². The number of nitrogens with zero attached hydrogens (tertiary/aromatic N) is 4. The number of hydrogen-bond donors (Lipinski definition) is 0. The molecule has 4 rings (SSSR count). The highest BCUT2D eigenvalue weighted by Gasteiger charge is 2.21. The number of benzene rings is 1. The Balaban J connectivity index is 1.36. The molecule has 1 aliphatic heterocycles. The molecule has 2 aromatic heterocycles. The lowest BCUT2D eigenvalue weighted by molar-refractivity contribution is 0.0894. The van der Waals surface area contributed by atoms with Crippen molar-refractivity contribution in [2.24, 2.45) is 0 Å². The fourth-order valence-electron chi connectivity index (χ4n) is 3.31. The Morgan fingerprint density at radius 1 is 1.04 bits per heavy atom. The van der Waals surface area contributed by atoms with Crippen LogP contribution in [-0.2, 0) is 6.54 Å². The lowest BCUT2D eigenvalue weighted by atomic mass is 10.0. The lowest BCUT2D eigenvalue weighted by Gasteiger charge is -2.31. The number of hydrogen-bond acceptors (Lipinski definition) is 5. The topological polar surface area (TPSA) is 51.1 Å². The zero-order chi connectivity index (χ0) is 17.1. The Hall–Kier alpha value is -2.53. The van der Waals surface area contributed by atoms with E-state index in [9.17, 15) is 0 Å². The number of likely N-dealkylation sites (tertiary alicyclic amines) is 1. The van der Waals surface area contributed by atoms with Gasteiger partial charge in [0.2, 0.25) is 0 Å². The van der Waals surface area contributed by atoms with E-state index in [1.165, 1.54) is 10.9 Å². The summed E-state index contributed by atoms with van der Waals surface area (Å²) in [5.41, 5.74) is 3.45. The molecule has 0 bridgehead atoms. The van der Waals surface area contributed by atoms with Crippen LogP contribution in [0.1, 0.15) is 24.0 Å². The van der Waals surface area contributed by atoms with Crippen molar-refractivity contribution in [3.8, 4) is 6.01 Å². The molecule has 0 atom stereocenters. The summed E-state index contributed by atoms with van der Waals surface area (Å²) in [6.45, 7) is 4.97. The first-order chi connectivity index (χ1) is 12.3. The Kier molecular flexibility index (Phi) is 4.57. The fourth-order valence-corrected chi connectivity index (χ4v) is 3.31. The predicted molar refractivity (Wildman–Crippen MR) is 97.4 cm³/mol. The molecule has 25 heavy (non-hydrogen) atoms. The highest BCUT2D eigenvalue weighted by molar-refractivity contribution is 5.81. The SMILES string of the molecule is Cc1cnc(OC2CCN(Cc3ccnc4ccccc34)CC2)nc1.